The molecule has 2 heterocycles. The summed E-state index contributed by atoms with van der Waals surface area (Å²) in [5, 5.41) is 0. The summed E-state index contributed by atoms with van der Waals surface area (Å²) in [6, 6.07) is 8.50. The second-order valence-corrected chi connectivity index (χ2v) is 7.00. The molecule has 0 spiro atoms. The van der Waals surface area contributed by atoms with Crippen LogP contribution in [0, 0.1) is 0 Å². The molecule has 2 saturated heterocycles. The lowest BCUT2D eigenvalue weighted by Gasteiger charge is -2.43. The summed E-state index contributed by atoms with van der Waals surface area (Å²) < 4.78 is 5.88. The van der Waals surface area contributed by atoms with Crippen LogP contribution in [0.15, 0.2) is 24.3 Å². The molecule has 2 unspecified atom stereocenters. The first-order valence-electron chi connectivity index (χ1n) is 9.10. The number of rotatable bonds is 2. The lowest BCUT2D eigenvalue weighted by atomic mass is 9.89. The van der Waals surface area contributed by atoms with E-state index in [1.807, 2.05) is 12.1 Å². The van der Waals surface area contributed by atoms with Crippen LogP contribution in [0.25, 0.3) is 0 Å². The van der Waals surface area contributed by atoms with Gasteiger partial charge in [0.15, 0.2) is 0 Å². The van der Waals surface area contributed by atoms with E-state index in [1.165, 1.54) is 31.4 Å². The van der Waals surface area contributed by atoms with E-state index in [4.69, 9.17) is 4.74 Å². The summed E-state index contributed by atoms with van der Waals surface area (Å²) in [6.07, 6.45) is 7.43. The van der Waals surface area contributed by atoms with Crippen molar-refractivity contribution in [2.75, 3.05) is 31.1 Å². The van der Waals surface area contributed by atoms with Crippen LogP contribution in [-0.2, 0) is 4.74 Å². The molecule has 0 radical (unpaired) electrons. The monoisotopic (exact) mass is 314 g/mol. The third-order valence-electron chi connectivity index (χ3n) is 5.58. The van der Waals surface area contributed by atoms with Crippen LogP contribution in [0.1, 0.15) is 48.9 Å². The van der Waals surface area contributed by atoms with Gasteiger partial charge in [0.1, 0.15) is 0 Å². The minimum atomic E-state index is 0.179. The van der Waals surface area contributed by atoms with Gasteiger partial charge in [0.25, 0.3) is 5.91 Å². The van der Waals surface area contributed by atoms with Gasteiger partial charge in [-0.1, -0.05) is 12.8 Å². The van der Waals surface area contributed by atoms with Gasteiger partial charge in [-0.25, -0.2) is 0 Å². The fraction of sp³-hybridized carbons (Fsp3) is 0.632. The van der Waals surface area contributed by atoms with E-state index in [1.54, 1.807) is 0 Å². The third kappa shape index (κ3) is 2.97. The molecule has 1 aliphatic carbocycles. The average Bonchev–Trinajstić information content (AvgIpc) is 3.15. The number of fused-ring (bicyclic) bond motifs is 1. The van der Waals surface area contributed by atoms with Gasteiger partial charge in [0.2, 0.25) is 0 Å². The summed E-state index contributed by atoms with van der Waals surface area (Å²) in [5.41, 5.74) is 2.07. The minimum Gasteiger partial charge on any atom is -0.374 e. The molecule has 3 fully saturated rings. The molecular formula is C19H26N2O2. The van der Waals surface area contributed by atoms with Crippen molar-refractivity contribution in [1.82, 2.24) is 4.90 Å². The van der Waals surface area contributed by atoms with E-state index in [9.17, 15) is 4.79 Å². The van der Waals surface area contributed by atoms with Crippen molar-refractivity contribution in [3.63, 3.8) is 0 Å². The molecule has 4 heteroatoms. The molecule has 4 rings (SSSR count). The van der Waals surface area contributed by atoms with Crippen molar-refractivity contribution in [3.05, 3.63) is 29.8 Å². The van der Waals surface area contributed by atoms with Crippen LogP contribution in [0.3, 0.4) is 0 Å². The number of amides is 1. The minimum absolute atomic E-state index is 0.179. The molecule has 3 aliphatic rings. The van der Waals surface area contributed by atoms with Gasteiger partial charge in [-0.2, -0.15) is 0 Å². The van der Waals surface area contributed by atoms with Crippen LogP contribution < -0.4 is 4.90 Å². The number of nitrogens with zero attached hydrogens (tertiary/aromatic N) is 2. The predicted molar refractivity (Wildman–Crippen MR) is 90.9 cm³/mol. The number of ether oxygens (including phenoxy) is 1. The van der Waals surface area contributed by atoms with Crippen LogP contribution in [0.5, 0.6) is 0 Å². The average molecular weight is 314 g/mol. The predicted octanol–water partition coefficient (Wildman–Crippen LogP) is 3.07. The maximum Gasteiger partial charge on any atom is 0.254 e. The first-order chi connectivity index (χ1) is 11.3. The van der Waals surface area contributed by atoms with Crippen LogP contribution in [0.2, 0.25) is 0 Å². The first kappa shape index (κ1) is 15.0. The molecule has 4 nitrogen and oxygen atoms in total. The standard InChI is InChI=1S/C19H26N2O2/c22-19(21-13-14-23-18-6-2-1-5-17(18)21)15-7-9-16(10-8-15)20-11-3-4-12-20/h7-10,17-18H,1-6,11-14H2. The maximum atomic E-state index is 12.9. The second-order valence-electron chi connectivity index (χ2n) is 7.00. The Kier molecular flexibility index (Phi) is 4.25. The molecule has 1 amide bonds. The third-order valence-corrected chi connectivity index (χ3v) is 5.58. The molecule has 124 valence electrons. The SMILES string of the molecule is O=C(c1ccc(N2CCCC2)cc1)N1CCOC2CCCCC21. The van der Waals surface area contributed by atoms with Crippen LogP contribution in [-0.4, -0.2) is 49.2 Å². The van der Waals surface area contributed by atoms with Gasteiger partial charge >= 0.3 is 0 Å². The van der Waals surface area contributed by atoms with Crippen LogP contribution >= 0.6 is 0 Å². The van der Waals surface area contributed by atoms with Crippen molar-refractivity contribution < 1.29 is 9.53 Å². The van der Waals surface area contributed by atoms with Gasteiger partial charge in [-0.05, 0) is 49.9 Å². The highest BCUT2D eigenvalue weighted by atomic mass is 16.5. The summed E-state index contributed by atoms with van der Waals surface area (Å²) in [6.45, 7) is 3.69. The molecule has 23 heavy (non-hydrogen) atoms. The van der Waals surface area contributed by atoms with Crippen molar-refractivity contribution >= 4 is 11.6 Å². The van der Waals surface area contributed by atoms with Crippen molar-refractivity contribution in [3.8, 4) is 0 Å². The highest BCUT2D eigenvalue weighted by Crippen LogP contribution is 2.30. The summed E-state index contributed by atoms with van der Waals surface area (Å²) in [5.74, 6) is 0.179. The van der Waals surface area contributed by atoms with E-state index in [2.05, 4.69) is 21.9 Å². The lowest BCUT2D eigenvalue weighted by molar-refractivity contribution is -0.0752. The summed E-state index contributed by atoms with van der Waals surface area (Å²) in [7, 11) is 0. The highest BCUT2D eigenvalue weighted by molar-refractivity contribution is 5.95. The molecule has 2 atom stereocenters. The van der Waals surface area contributed by atoms with Gasteiger partial charge in [-0.3, -0.25) is 4.79 Å². The van der Waals surface area contributed by atoms with Gasteiger partial charge < -0.3 is 14.5 Å². The highest BCUT2D eigenvalue weighted by Gasteiger charge is 2.36. The number of carbonyl (C=O) groups excluding carboxylic acids is 1. The fourth-order valence-corrected chi connectivity index (χ4v) is 4.30. The Labute approximate surface area is 138 Å². The van der Waals surface area contributed by atoms with Gasteiger partial charge in [0, 0.05) is 30.9 Å². The number of hydrogen-bond acceptors (Lipinski definition) is 3. The fourth-order valence-electron chi connectivity index (χ4n) is 4.30. The zero-order valence-electron chi connectivity index (χ0n) is 13.7. The number of anilines is 1. The van der Waals surface area contributed by atoms with Crippen molar-refractivity contribution in [1.29, 1.82) is 0 Å². The normalized spacial score (nSPS) is 27.8. The van der Waals surface area contributed by atoms with E-state index in [0.717, 1.165) is 38.0 Å². The van der Waals surface area contributed by atoms with E-state index in [-0.39, 0.29) is 18.1 Å². The first-order valence-corrected chi connectivity index (χ1v) is 9.10. The molecule has 1 aromatic carbocycles. The van der Waals surface area contributed by atoms with Crippen molar-refractivity contribution in [2.45, 2.75) is 50.7 Å². The number of carbonyl (C=O) groups is 1. The molecule has 0 N–H and O–H groups in total. The topological polar surface area (TPSA) is 32.8 Å². The number of hydrogen-bond donors (Lipinski definition) is 0. The maximum absolute atomic E-state index is 12.9. The molecule has 1 saturated carbocycles. The molecule has 2 aliphatic heterocycles. The second kappa shape index (κ2) is 6.52. The largest absolute Gasteiger partial charge is 0.374 e. The van der Waals surface area contributed by atoms with Crippen molar-refractivity contribution in [2.24, 2.45) is 0 Å². The summed E-state index contributed by atoms with van der Waals surface area (Å²) >= 11 is 0. The molecule has 1 aromatic rings. The van der Waals surface area contributed by atoms with E-state index in [0.29, 0.717) is 6.61 Å². The van der Waals surface area contributed by atoms with E-state index < -0.39 is 0 Å². The Balaban J connectivity index is 1.49. The molecule has 0 bridgehead atoms. The quantitative estimate of drug-likeness (QED) is 0.841. The van der Waals surface area contributed by atoms with Gasteiger partial charge in [-0.15, -0.1) is 0 Å². The van der Waals surface area contributed by atoms with E-state index >= 15 is 0 Å². The van der Waals surface area contributed by atoms with Gasteiger partial charge in [0.05, 0.1) is 18.8 Å². The number of benzene rings is 1. The zero-order chi connectivity index (χ0) is 15.6. The smallest absolute Gasteiger partial charge is 0.254 e. The molecular weight excluding hydrogens is 288 g/mol. The van der Waals surface area contributed by atoms with Crippen LogP contribution in [0.4, 0.5) is 5.69 Å². The number of morpholine rings is 1. The Hall–Kier alpha value is -1.55. The Morgan fingerprint density at radius 1 is 0.957 bits per heavy atom. The Morgan fingerprint density at radius 2 is 1.70 bits per heavy atom. The zero-order valence-corrected chi connectivity index (χ0v) is 13.7. The molecule has 0 aromatic heterocycles. The summed E-state index contributed by atoms with van der Waals surface area (Å²) in [4.78, 5) is 17.4. The Bertz CT molecular complexity index is 549. The lowest BCUT2D eigenvalue weighted by Crippen LogP contribution is -2.54. The Morgan fingerprint density at radius 3 is 2.48 bits per heavy atom.